The number of anilines is 1. The second-order valence-electron chi connectivity index (χ2n) is 5.29. The van der Waals surface area contributed by atoms with E-state index in [2.05, 4.69) is 39.7 Å². The molecule has 1 aliphatic heterocycles. The molecule has 0 bridgehead atoms. The van der Waals surface area contributed by atoms with E-state index in [0.29, 0.717) is 11.4 Å². The van der Waals surface area contributed by atoms with Gasteiger partial charge < -0.3 is 9.80 Å². The zero-order chi connectivity index (χ0) is 13.8. The Bertz CT molecular complexity index is 425. The van der Waals surface area contributed by atoms with Gasteiger partial charge >= 0.3 is 0 Å². The smallest absolute Gasteiger partial charge is 0.146 e. The Morgan fingerprint density at radius 1 is 1.37 bits per heavy atom. The lowest BCUT2D eigenvalue weighted by molar-refractivity contribution is 0.327. The molecule has 2 rings (SSSR count). The van der Waals surface area contributed by atoms with E-state index in [1.807, 2.05) is 12.1 Å². The maximum atomic E-state index is 14.3. The van der Waals surface area contributed by atoms with Crippen LogP contribution < -0.4 is 4.90 Å². The van der Waals surface area contributed by atoms with Crippen LogP contribution in [0.3, 0.4) is 0 Å². The van der Waals surface area contributed by atoms with Gasteiger partial charge in [-0.2, -0.15) is 0 Å². The first-order valence-corrected chi connectivity index (χ1v) is 8.07. The molecule has 1 heterocycles. The highest BCUT2D eigenvalue weighted by atomic mass is 79.9. The van der Waals surface area contributed by atoms with Gasteiger partial charge in [0.15, 0.2) is 0 Å². The fourth-order valence-electron chi connectivity index (χ4n) is 2.78. The molecule has 0 N–H and O–H groups in total. The first kappa shape index (κ1) is 14.8. The summed E-state index contributed by atoms with van der Waals surface area (Å²) >= 11 is 3.37. The third-order valence-electron chi connectivity index (χ3n) is 3.85. The van der Waals surface area contributed by atoms with Crippen LogP contribution in [-0.4, -0.2) is 37.6 Å². The normalized spacial score (nSPS) is 21.5. The molecule has 0 aromatic heterocycles. The Morgan fingerprint density at radius 3 is 2.79 bits per heavy atom. The van der Waals surface area contributed by atoms with Crippen molar-refractivity contribution in [3.8, 4) is 0 Å². The number of likely N-dealkylation sites (N-methyl/N-ethyl adjacent to an activating group) is 1. The molecule has 1 unspecified atom stereocenters. The average Bonchev–Trinajstić information content (AvgIpc) is 2.60. The summed E-state index contributed by atoms with van der Waals surface area (Å²) in [7, 11) is 2.15. The van der Waals surface area contributed by atoms with Gasteiger partial charge in [-0.15, -0.1) is 0 Å². The minimum absolute atomic E-state index is 0.0973. The lowest BCUT2D eigenvalue weighted by atomic mass is 10.1. The second-order valence-corrected chi connectivity index (χ2v) is 5.85. The number of rotatable bonds is 3. The fraction of sp³-hybridized carbons (Fsp3) is 0.600. The van der Waals surface area contributed by atoms with Crippen LogP contribution in [0, 0.1) is 5.82 Å². The van der Waals surface area contributed by atoms with Crippen molar-refractivity contribution < 1.29 is 4.39 Å². The Morgan fingerprint density at radius 2 is 2.16 bits per heavy atom. The highest BCUT2D eigenvalue weighted by molar-refractivity contribution is 9.08. The van der Waals surface area contributed by atoms with Gasteiger partial charge in [-0.25, -0.2) is 4.39 Å². The van der Waals surface area contributed by atoms with Crippen molar-refractivity contribution in [1.82, 2.24) is 4.90 Å². The summed E-state index contributed by atoms with van der Waals surface area (Å²) in [4.78, 5) is 4.59. The summed E-state index contributed by atoms with van der Waals surface area (Å²) in [6, 6.07) is 5.98. The number of nitrogens with zero attached hydrogens (tertiary/aromatic N) is 2. The monoisotopic (exact) mass is 328 g/mol. The van der Waals surface area contributed by atoms with E-state index >= 15 is 0 Å². The number of halogens is 2. The van der Waals surface area contributed by atoms with Crippen molar-refractivity contribution in [3.05, 3.63) is 29.6 Å². The summed E-state index contributed by atoms with van der Waals surface area (Å²) in [5.41, 5.74) is 1.74. The summed E-state index contributed by atoms with van der Waals surface area (Å²) in [5.74, 6) is -0.0973. The first-order valence-electron chi connectivity index (χ1n) is 6.95. The van der Waals surface area contributed by atoms with Crippen LogP contribution in [0.4, 0.5) is 10.1 Å². The molecule has 0 amide bonds. The van der Waals surface area contributed by atoms with E-state index in [1.54, 1.807) is 6.07 Å². The topological polar surface area (TPSA) is 6.48 Å². The molecule has 1 aromatic carbocycles. The van der Waals surface area contributed by atoms with Gasteiger partial charge in [-0.05, 0) is 44.1 Å². The largest absolute Gasteiger partial charge is 0.365 e. The maximum Gasteiger partial charge on any atom is 0.146 e. The summed E-state index contributed by atoms with van der Waals surface area (Å²) in [6.45, 7) is 5.22. The number of alkyl halides is 1. The molecule has 0 spiro atoms. The van der Waals surface area contributed by atoms with Crippen LogP contribution in [0.1, 0.15) is 25.3 Å². The predicted octanol–water partition coefficient (Wildman–Crippen LogP) is 3.64. The Hall–Kier alpha value is -0.610. The highest BCUT2D eigenvalue weighted by Gasteiger charge is 2.24. The van der Waals surface area contributed by atoms with Crippen molar-refractivity contribution in [2.24, 2.45) is 0 Å². The maximum absolute atomic E-state index is 14.3. The Kier molecular flexibility index (Phi) is 5.22. The van der Waals surface area contributed by atoms with Gasteiger partial charge in [0.1, 0.15) is 5.82 Å². The Labute approximate surface area is 123 Å². The molecule has 0 saturated carbocycles. The molecule has 1 saturated heterocycles. The molecule has 19 heavy (non-hydrogen) atoms. The molecule has 1 atom stereocenters. The van der Waals surface area contributed by atoms with Crippen LogP contribution in [0.2, 0.25) is 0 Å². The Balaban J connectivity index is 2.27. The van der Waals surface area contributed by atoms with Crippen molar-refractivity contribution >= 4 is 21.6 Å². The third kappa shape index (κ3) is 3.48. The zero-order valence-electron chi connectivity index (χ0n) is 11.7. The molecule has 4 heteroatoms. The molecule has 1 aliphatic rings. The zero-order valence-corrected chi connectivity index (χ0v) is 13.3. The van der Waals surface area contributed by atoms with Crippen LogP contribution in [0.5, 0.6) is 0 Å². The third-order valence-corrected chi connectivity index (χ3v) is 4.50. The lowest BCUT2D eigenvalue weighted by Crippen LogP contribution is -2.40. The molecule has 0 radical (unpaired) electrons. The molecular formula is C15H22BrFN2. The fourth-order valence-corrected chi connectivity index (χ4v) is 3.13. The van der Waals surface area contributed by atoms with Crippen molar-refractivity contribution in [3.63, 3.8) is 0 Å². The second kappa shape index (κ2) is 6.71. The van der Waals surface area contributed by atoms with Gasteiger partial charge in [-0.3, -0.25) is 0 Å². The number of benzene rings is 1. The summed E-state index contributed by atoms with van der Waals surface area (Å²) < 4.78 is 14.3. The van der Waals surface area contributed by atoms with E-state index in [1.165, 1.54) is 0 Å². The number of hydrogen-bond donors (Lipinski definition) is 0. The van der Waals surface area contributed by atoms with Crippen molar-refractivity contribution in [1.29, 1.82) is 0 Å². The van der Waals surface area contributed by atoms with Crippen LogP contribution in [0.15, 0.2) is 18.2 Å². The van der Waals surface area contributed by atoms with Gasteiger partial charge in [-0.1, -0.05) is 28.9 Å². The van der Waals surface area contributed by atoms with Crippen LogP contribution >= 0.6 is 15.9 Å². The standard InChI is InChI=1S/C15H22BrFN2/c1-3-13-11-18(2)7-4-8-19(13)15-6-5-12(10-16)9-14(15)17/h5-6,9,13H,3-4,7-8,10-11H2,1-2H3. The molecule has 2 nitrogen and oxygen atoms in total. The summed E-state index contributed by atoms with van der Waals surface area (Å²) in [5, 5.41) is 0.699. The molecule has 1 aromatic rings. The number of hydrogen-bond acceptors (Lipinski definition) is 2. The quantitative estimate of drug-likeness (QED) is 0.781. The van der Waals surface area contributed by atoms with Gasteiger partial charge in [0, 0.05) is 24.5 Å². The van der Waals surface area contributed by atoms with Gasteiger partial charge in [0.2, 0.25) is 0 Å². The average molecular weight is 329 g/mol. The molecule has 106 valence electrons. The first-order chi connectivity index (χ1) is 9.15. The SMILES string of the molecule is CCC1CN(C)CCCN1c1ccc(CBr)cc1F. The lowest BCUT2D eigenvalue weighted by Gasteiger charge is -2.32. The molecule has 1 fully saturated rings. The van der Waals surface area contributed by atoms with E-state index in [4.69, 9.17) is 0 Å². The van der Waals surface area contributed by atoms with Gasteiger partial charge in [0.05, 0.1) is 5.69 Å². The minimum Gasteiger partial charge on any atom is -0.365 e. The predicted molar refractivity (Wildman–Crippen MR) is 82.6 cm³/mol. The van der Waals surface area contributed by atoms with E-state index in [9.17, 15) is 4.39 Å². The van der Waals surface area contributed by atoms with Crippen LogP contribution in [-0.2, 0) is 5.33 Å². The van der Waals surface area contributed by atoms with Crippen molar-refractivity contribution in [2.45, 2.75) is 31.1 Å². The van der Waals surface area contributed by atoms with Gasteiger partial charge in [0.25, 0.3) is 0 Å². The summed E-state index contributed by atoms with van der Waals surface area (Å²) in [6.07, 6.45) is 2.14. The minimum atomic E-state index is -0.0973. The van der Waals surface area contributed by atoms with E-state index in [0.717, 1.165) is 43.7 Å². The molecule has 0 aliphatic carbocycles. The van der Waals surface area contributed by atoms with Crippen molar-refractivity contribution in [2.75, 3.05) is 31.6 Å². The highest BCUT2D eigenvalue weighted by Crippen LogP contribution is 2.26. The van der Waals surface area contributed by atoms with E-state index < -0.39 is 0 Å². The molecular weight excluding hydrogens is 307 g/mol. The van der Waals surface area contributed by atoms with E-state index in [-0.39, 0.29) is 5.82 Å². The van der Waals surface area contributed by atoms with Crippen LogP contribution in [0.25, 0.3) is 0 Å².